The average Bonchev–Trinajstić information content (AvgIpc) is 2.32. The van der Waals surface area contributed by atoms with Gasteiger partial charge in [-0.3, -0.25) is 0 Å². The number of nitrogens with one attached hydrogen (secondary N) is 1. The molecule has 0 aliphatic rings. The Hall–Kier alpha value is 0.0534. The number of halogens is 2. The van der Waals surface area contributed by atoms with Gasteiger partial charge in [-0.2, -0.15) is 0 Å². The van der Waals surface area contributed by atoms with Gasteiger partial charge in [0.2, 0.25) is 0 Å². The third kappa shape index (κ3) is 5.51. The molecule has 0 bridgehead atoms. The van der Waals surface area contributed by atoms with Crippen LogP contribution < -0.4 is 4.90 Å². The van der Waals surface area contributed by atoms with Gasteiger partial charge in [0.1, 0.15) is 0 Å². The Morgan fingerprint density at radius 1 is 1.26 bits per heavy atom. The zero-order chi connectivity index (χ0) is 14.4. The second-order valence-electron chi connectivity index (χ2n) is 4.61. The van der Waals surface area contributed by atoms with Crippen LogP contribution in [0.25, 0.3) is 0 Å². The molecule has 1 rings (SSSR count). The van der Waals surface area contributed by atoms with Crippen molar-refractivity contribution in [3.63, 3.8) is 0 Å². The summed E-state index contributed by atoms with van der Waals surface area (Å²) < 4.78 is 6.65. The van der Waals surface area contributed by atoms with Crippen LogP contribution in [-0.2, 0) is 13.5 Å². The van der Waals surface area contributed by atoms with Crippen molar-refractivity contribution in [2.45, 2.75) is 33.8 Å². The van der Waals surface area contributed by atoms with Gasteiger partial charge in [-0.1, -0.05) is 0 Å². The molecule has 0 aliphatic heterocycles. The Kier molecular flexibility index (Phi) is 7.53. The standard InChI is InChI=1S/C14H21NO.2ClH.Ru/c1-6-15(7-2)13-9-8-12(5)14(10-13)16-11(3)4;;;/h5,8-11H,6-7H2,1-4H3;2*1H;/q;;;+2. The minimum atomic E-state index is -1.81. The number of hydrogen-bond acceptors (Lipinski definition) is 0. The molecule has 0 saturated heterocycles. The van der Waals surface area contributed by atoms with Crippen molar-refractivity contribution >= 4 is 29.7 Å². The number of aliphatic hydroxyl groups is 1. The van der Waals surface area contributed by atoms with Crippen LogP contribution in [-0.4, -0.2) is 28.5 Å². The summed E-state index contributed by atoms with van der Waals surface area (Å²) in [5.74, 6) is 1.01. The van der Waals surface area contributed by atoms with E-state index in [2.05, 4.69) is 50.6 Å². The van der Waals surface area contributed by atoms with Crippen molar-refractivity contribution in [2.24, 2.45) is 0 Å². The van der Waals surface area contributed by atoms with Crippen LogP contribution >= 0.6 is 19.4 Å². The summed E-state index contributed by atoms with van der Waals surface area (Å²) in [6.07, 6.45) is 0.264. The number of rotatable bonds is 6. The van der Waals surface area contributed by atoms with E-state index in [1.165, 1.54) is 10.6 Å². The van der Waals surface area contributed by atoms with Gasteiger partial charge in [-0.05, 0) is 0 Å². The van der Waals surface area contributed by atoms with Crippen molar-refractivity contribution in [1.82, 2.24) is 0 Å². The van der Waals surface area contributed by atoms with E-state index in [9.17, 15) is 0 Å². The van der Waals surface area contributed by atoms with Crippen molar-refractivity contribution in [2.75, 3.05) is 13.1 Å². The molecule has 0 saturated carbocycles. The van der Waals surface area contributed by atoms with Gasteiger partial charge in [-0.15, -0.1) is 0 Å². The van der Waals surface area contributed by atoms with Gasteiger partial charge < -0.3 is 0 Å². The van der Waals surface area contributed by atoms with Gasteiger partial charge in [0.05, 0.1) is 0 Å². The fourth-order valence-electron chi connectivity index (χ4n) is 1.98. The quantitative estimate of drug-likeness (QED) is 0.566. The monoisotopic (exact) mass is 393 g/mol. The Balaban J connectivity index is 3.17. The van der Waals surface area contributed by atoms with Crippen LogP contribution in [0, 0.1) is 0 Å². The zero-order valence-electron chi connectivity index (χ0n) is 11.9. The summed E-state index contributed by atoms with van der Waals surface area (Å²) in [4.78, 5) is 1.46. The minimum absolute atomic E-state index is 0.264. The number of quaternary nitrogens is 1. The second-order valence-corrected chi connectivity index (χ2v) is 10.3. The van der Waals surface area contributed by atoms with Crippen LogP contribution in [0.4, 0.5) is 5.69 Å². The molecule has 0 radical (unpaired) electrons. The van der Waals surface area contributed by atoms with Crippen LogP contribution in [0.2, 0.25) is 0 Å². The third-order valence-electron chi connectivity index (χ3n) is 2.88. The summed E-state index contributed by atoms with van der Waals surface area (Å²) in [6.45, 7) is 10.7. The molecule has 1 aromatic carbocycles. The van der Waals surface area contributed by atoms with Gasteiger partial charge in [0, 0.05) is 0 Å². The van der Waals surface area contributed by atoms with Crippen molar-refractivity contribution in [3.8, 4) is 5.75 Å². The first-order valence-electron chi connectivity index (χ1n) is 6.51. The first-order valence-corrected chi connectivity index (χ1v) is 12.0. The molecule has 2 N–H and O–H groups in total. The molecule has 0 unspecified atom stereocenters. The molecule has 0 aromatic heterocycles. The summed E-state index contributed by atoms with van der Waals surface area (Å²) in [6, 6.07) is 6.41. The van der Waals surface area contributed by atoms with Gasteiger partial charge in [-0.25, -0.2) is 0 Å². The molecule has 19 heavy (non-hydrogen) atoms. The molecular formula is C14H23Cl2NORu+2. The van der Waals surface area contributed by atoms with E-state index in [0.717, 1.165) is 24.4 Å². The zero-order valence-corrected chi connectivity index (χ0v) is 15.1. The number of aromatic hydroxyl groups is 1. The number of benzene rings is 1. The van der Waals surface area contributed by atoms with E-state index in [0.29, 0.717) is 0 Å². The molecular weight excluding hydrogens is 370 g/mol. The van der Waals surface area contributed by atoms with Crippen LogP contribution in [0.3, 0.4) is 0 Å². The summed E-state index contributed by atoms with van der Waals surface area (Å²) in [7, 11) is 12.0. The Labute approximate surface area is 129 Å². The third-order valence-corrected chi connectivity index (χ3v) is 4.71. The molecule has 0 spiro atoms. The predicted molar refractivity (Wildman–Crippen MR) is 81.8 cm³/mol. The van der Waals surface area contributed by atoms with Gasteiger partial charge in [0.25, 0.3) is 0 Å². The summed E-state index contributed by atoms with van der Waals surface area (Å²) in [5.41, 5.74) is 2.34. The molecule has 0 amide bonds. The fourth-order valence-corrected chi connectivity index (χ4v) is 3.80. The van der Waals surface area contributed by atoms with Crippen molar-refractivity contribution in [1.29, 1.82) is 0 Å². The van der Waals surface area contributed by atoms with Crippen LogP contribution in [0.1, 0.15) is 33.3 Å². The first kappa shape index (κ1) is 17.1. The molecule has 0 aliphatic carbocycles. The van der Waals surface area contributed by atoms with E-state index >= 15 is 0 Å². The Bertz CT molecular complexity index is 441. The van der Waals surface area contributed by atoms with E-state index in [1.54, 1.807) is 0 Å². The maximum absolute atomic E-state index is 5.98. The Morgan fingerprint density at radius 3 is 2.37 bits per heavy atom. The van der Waals surface area contributed by atoms with E-state index in [1.807, 2.05) is 4.61 Å². The number of ether oxygens (including phenoxy) is 1. The van der Waals surface area contributed by atoms with E-state index < -0.39 is 13.5 Å². The molecule has 110 valence electrons. The first-order chi connectivity index (χ1) is 8.97. The van der Waals surface area contributed by atoms with Gasteiger partial charge >= 0.3 is 129 Å². The maximum atomic E-state index is 5.98. The van der Waals surface area contributed by atoms with Crippen LogP contribution in [0.15, 0.2) is 18.2 Å². The predicted octanol–water partition coefficient (Wildman–Crippen LogP) is 2.97. The number of hydrogen-bond donors (Lipinski definition) is 1. The molecule has 1 aromatic rings. The summed E-state index contributed by atoms with van der Waals surface area (Å²) >= 11 is -1.81. The molecule has 0 heterocycles. The summed E-state index contributed by atoms with van der Waals surface area (Å²) in [5, 5.41) is 0. The molecule has 0 atom stereocenters. The second kappa shape index (κ2) is 8.36. The topological polar surface area (TPSA) is 17.2 Å². The van der Waals surface area contributed by atoms with Gasteiger partial charge in [0.15, 0.2) is 0 Å². The van der Waals surface area contributed by atoms with Crippen molar-refractivity contribution in [3.05, 3.63) is 23.8 Å². The fraction of sp³-hybridized carbons (Fsp3) is 0.500. The molecule has 0 fully saturated rings. The van der Waals surface area contributed by atoms with Crippen LogP contribution in [0.5, 0.6) is 5.75 Å². The van der Waals surface area contributed by atoms with E-state index in [4.69, 9.17) is 19.4 Å². The Morgan fingerprint density at radius 2 is 1.89 bits per heavy atom. The average molecular weight is 393 g/mol. The SMILES string of the molecule is CC[NH+](CC)c1ccc([CH]=[Ru]([Cl])[Cl])c([OH+]C(C)C)c1. The molecule has 2 nitrogen and oxygen atoms in total. The van der Waals surface area contributed by atoms with Crippen molar-refractivity contribution < 1.29 is 23.2 Å². The van der Waals surface area contributed by atoms with E-state index in [-0.39, 0.29) is 6.10 Å². The normalized spacial score (nSPS) is 11.9. The molecule has 5 heteroatoms.